The zero-order valence-corrected chi connectivity index (χ0v) is 13.9. The molecule has 1 aliphatic carbocycles. The summed E-state index contributed by atoms with van der Waals surface area (Å²) < 4.78 is 16.9. The van der Waals surface area contributed by atoms with Crippen LogP contribution in [-0.4, -0.2) is 37.4 Å². The van der Waals surface area contributed by atoms with Gasteiger partial charge in [-0.15, -0.1) is 0 Å². The van der Waals surface area contributed by atoms with Crippen LogP contribution in [0.2, 0.25) is 0 Å². The van der Waals surface area contributed by atoms with Gasteiger partial charge in [-0.25, -0.2) is 0 Å². The van der Waals surface area contributed by atoms with Crippen LogP contribution in [0.15, 0.2) is 24.3 Å². The fraction of sp³-hybridized carbons (Fsp3) is 0.625. The Hall–Kier alpha value is -0.580. The summed E-state index contributed by atoms with van der Waals surface area (Å²) in [5.41, 5.74) is 1.30. The van der Waals surface area contributed by atoms with Gasteiger partial charge in [0.25, 0.3) is 0 Å². The molecule has 2 rings (SSSR count). The molecule has 1 aromatic carbocycles. The second kappa shape index (κ2) is 7.43. The Balaban J connectivity index is 1.90. The van der Waals surface area contributed by atoms with Crippen molar-refractivity contribution in [1.29, 1.82) is 0 Å². The Kier molecular flexibility index (Phi) is 5.87. The van der Waals surface area contributed by atoms with Crippen molar-refractivity contribution in [2.75, 3.05) is 20.3 Å². The number of rotatable bonds is 7. The minimum Gasteiger partial charge on any atom is -0.488 e. The Morgan fingerprint density at radius 3 is 2.75 bits per heavy atom. The predicted octanol–water partition coefficient (Wildman–Crippen LogP) is 3.76. The fourth-order valence-corrected chi connectivity index (χ4v) is 3.10. The van der Waals surface area contributed by atoms with Gasteiger partial charge in [0.2, 0.25) is 0 Å². The molecule has 0 radical (unpaired) electrons. The van der Waals surface area contributed by atoms with E-state index in [4.69, 9.17) is 14.2 Å². The van der Waals surface area contributed by atoms with Crippen molar-refractivity contribution >= 4 is 15.9 Å². The van der Waals surface area contributed by atoms with Crippen LogP contribution in [0.1, 0.15) is 31.7 Å². The Labute approximate surface area is 129 Å². The van der Waals surface area contributed by atoms with Crippen molar-refractivity contribution in [3.8, 4) is 5.75 Å². The van der Waals surface area contributed by atoms with Crippen molar-refractivity contribution < 1.29 is 14.2 Å². The third-order valence-electron chi connectivity index (χ3n) is 3.59. The van der Waals surface area contributed by atoms with Crippen LogP contribution in [0, 0.1) is 0 Å². The number of ether oxygens (including phenoxy) is 3. The molecule has 0 spiro atoms. The van der Waals surface area contributed by atoms with E-state index in [-0.39, 0.29) is 12.2 Å². The normalized spacial score (nSPS) is 25.6. The van der Waals surface area contributed by atoms with Gasteiger partial charge in [-0.1, -0.05) is 41.9 Å². The largest absolute Gasteiger partial charge is 0.488 e. The second-order valence-electron chi connectivity index (χ2n) is 5.46. The number of hydrogen-bond acceptors (Lipinski definition) is 3. The lowest BCUT2D eigenvalue weighted by molar-refractivity contribution is -0.0865. The van der Waals surface area contributed by atoms with Crippen LogP contribution in [0.5, 0.6) is 5.75 Å². The van der Waals surface area contributed by atoms with Crippen molar-refractivity contribution in [3.05, 3.63) is 29.8 Å². The molecule has 0 aliphatic heterocycles. The highest BCUT2D eigenvalue weighted by atomic mass is 79.9. The summed E-state index contributed by atoms with van der Waals surface area (Å²) in [7, 11) is 1.68. The number of methoxy groups -OCH3 is 1. The average Bonchev–Trinajstić information content (AvgIpc) is 2.43. The lowest BCUT2D eigenvalue weighted by atomic mass is 9.91. The summed E-state index contributed by atoms with van der Waals surface area (Å²) in [5, 5.41) is 0. The van der Waals surface area contributed by atoms with Crippen LogP contribution < -0.4 is 4.74 Å². The maximum absolute atomic E-state index is 6.06. The van der Waals surface area contributed by atoms with Gasteiger partial charge in [0.15, 0.2) is 0 Å². The highest BCUT2D eigenvalue weighted by Gasteiger charge is 2.42. The molecule has 20 heavy (non-hydrogen) atoms. The number of halogens is 1. The molecule has 3 unspecified atom stereocenters. The van der Waals surface area contributed by atoms with Gasteiger partial charge in [0.1, 0.15) is 18.0 Å². The number of benzene rings is 1. The third kappa shape index (κ3) is 3.96. The van der Waals surface area contributed by atoms with E-state index in [1.165, 1.54) is 5.56 Å². The number of alkyl halides is 1. The van der Waals surface area contributed by atoms with Gasteiger partial charge in [-0.05, 0) is 23.6 Å². The average molecular weight is 343 g/mol. The van der Waals surface area contributed by atoms with Gasteiger partial charge in [-0.2, -0.15) is 0 Å². The van der Waals surface area contributed by atoms with Crippen LogP contribution in [0.25, 0.3) is 0 Å². The summed E-state index contributed by atoms with van der Waals surface area (Å²) in [4.78, 5) is 0.373. The molecule has 0 bridgehead atoms. The maximum Gasteiger partial charge on any atom is 0.127 e. The molecule has 1 aromatic rings. The minimum absolute atomic E-state index is 0.104. The topological polar surface area (TPSA) is 27.7 Å². The summed E-state index contributed by atoms with van der Waals surface area (Å²) in [5.74, 6) is 1.44. The van der Waals surface area contributed by atoms with E-state index in [9.17, 15) is 0 Å². The molecule has 1 aliphatic rings. The van der Waals surface area contributed by atoms with Crippen molar-refractivity contribution in [3.63, 3.8) is 0 Å². The zero-order valence-electron chi connectivity index (χ0n) is 12.3. The van der Waals surface area contributed by atoms with Crippen LogP contribution in [-0.2, 0) is 9.47 Å². The van der Waals surface area contributed by atoms with Crippen molar-refractivity contribution in [1.82, 2.24) is 0 Å². The molecule has 112 valence electrons. The molecule has 0 aromatic heterocycles. The van der Waals surface area contributed by atoms with Crippen LogP contribution in [0.4, 0.5) is 0 Å². The molecule has 1 fully saturated rings. The van der Waals surface area contributed by atoms with E-state index in [1.807, 2.05) is 6.07 Å². The number of hydrogen-bond donors (Lipinski definition) is 0. The van der Waals surface area contributed by atoms with Crippen LogP contribution in [0.3, 0.4) is 0 Å². The Morgan fingerprint density at radius 2 is 2.10 bits per heavy atom. The van der Waals surface area contributed by atoms with E-state index in [2.05, 4.69) is 48.0 Å². The molecular formula is C16H23BrO3. The van der Waals surface area contributed by atoms with Crippen LogP contribution >= 0.6 is 15.9 Å². The molecule has 3 nitrogen and oxygen atoms in total. The fourth-order valence-electron chi connectivity index (χ4n) is 2.24. The van der Waals surface area contributed by atoms with Gasteiger partial charge in [0.05, 0.1) is 13.2 Å². The van der Waals surface area contributed by atoms with Gasteiger partial charge in [0, 0.05) is 18.4 Å². The SMILES string of the molecule is COCCOC1C(Br)CC1Oc1cccc(C(C)C)c1. The molecule has 0 N–H and O–H groups in total. The first-order valence-corrected chi connectivity index (χ1v) is 8.04. The van der Waals surface area contributed by atoms with Crippen molar-refractivity contribution in [2.24, 2.45) is 0 Å². The van der Waals surface area contributed by atoms with E-state index in [1.54, 1.807) is 7.11 Å². The minimum atomic E-state index is 0.104. The zero-order chi connectivity index (χ0) is 14.5. The molecule has 3 atom stereocenters. The van der Waals surface area contributed by atoms with Crippen molar-refractivity contribution in [2.45, 2.75) is 43.2 Å². The van der Waals surface area contributed by atoms with Gasteiger partial charge >= 0.3 is 0 Å². The molecule has 1 saturated carbocycles. The molecular weight excluding hydrogens is 320 g/mol. The summed E-state index contributed by atoms with van der Waals surface area (Å²) in [6.45, 7) is 5.60. The highest BCUT2D eigenvalue weighted by molar-refractivity contribution is 9.09. The molecule has 0 saturated heterocycles. The smallest absolute Gasteiger partial charge is 0.127 e. The summed E-state index contributed by atoms with van der Waals surface area (Å²) in [6.07, 6.45) is 1.20. The predicted molar refractivity (Wildman–Crippen MR) is 83.9 cm³/mol. The lowest BCUT2D eigenvalue weighted by Gasteiger charge is -2.41. The lowest BCUT2D eigenvalue weighted by Crippen LogP contribution is -2.52. The monoisotopic (exact) mass is 342 g/mol. The van der Waals surface area contributed by atoms with E-state index in [0.29, 0.717) is 24.0 Å². The van der Waals surface area contributed by atoms with Gasteiger partial charge < -0.3 is 14.2 Å². The Morgan fingerprint density at radius 1 is 1.30 bits per heavy atom. The second-order valence-corrected chi connectivity index (χ2v) is 6.64. The highest BCUT2D eigenvalue weighted by Crippen LogP contribution is 2.34. The maximum atomic E-state index is 6.06. The molecule has 4 heteroatoms. The van der Waals surface area contributed by atoms with E-state index >= 15 is 0 Å². The first kappa shape index (κ1) is 15.8. The van der Waals surface area contributed by atoms with E-state index < -0.39 is 0 Å². The molecule has 0 heterocycles. The summed E-state index contributed by atoms with van der Waals surface area (Å²) in [6, 6.07) is 8.33. The molecule has 0 amide bonds. The van der Waals surface area contributed by atoms with Gasteiger partial charge in [-0.3, -0.25) is 0 Å². The summed E-state index contributed by atoms with van der Waals surface area (Å²) >= 11 is 3.62. The first-order chi connectivity index (χ1) is 9.61. The Bertz CT molecular complexity index is 422. The first-order valence-electron chi connectivity index (χ1n) is 7.13. The van der Waals surface area contributed by atoms with E-state index in [0.717, 1.165) is 12.2 Å². The quantitative estimate of drug-likeness (QED) is 0.557. The third-order valence-corrected chi connectivity index (χ3v) is 4.49. The standard InChI is InChI=1S/C16H23BrO3/c1-11(2)12-5-4-6-13(9-12)20-15-10-14(17)16(15)19-8-7-18-3/h4-6,9,11,14-16H,7-8,10H2,1-3H3.